The Labute approximate surface area is 89.4 Å². The molecule has 0 amide bonds. The number of ether oxygens (including phenoxy) is 2. The van der Waals surface area contributed by atoms with E-state index in [1.807, 2.05) is 6.92 Å². The van der Waals surface area contributed by atoms with E-state index in [4.69, 9.17) is 9.84 Å². The standard InChI is InChI=1S/C10H18O5/c1-5-7(14-3)8(9(11)12)6(2)10(13)15-4/h6-8H,5H2,1-4H3,(H,11,12). The van der Waals surface area contributed by atoms with E-state index in [-0.39, 0.29) is 0 Å². The number of carboxylic acids is 1. The minimum Gasteiger partial charge on any atom is -0.481 e. The summed E-state index contributed by atoms with van der Waals surface area (Å²) in [6.07, 6.45) is 0.0611. The van der Waals surface area contributed by atoms with E-state index in [0.29, 0.717) is 6.42 Å². The molecule has 0 saturated carbocycles. The highest BCUT2D eigenvalue weighted by Gasteiger charge is 2.36. The van der Waals surface area contributed by atoms with Crippen molar-refractivity contribution in [1.29, 1.82) is 0 Å². The Hall–Kier alpha value is -1.10. The first-order valence-electron chi connectivity index (χ1n) is 4.82. The Morgan fingerprint density at radius 1 is 1.33 bits per heavy atom. The zero-order chi connectivity index (χ0) is 12.0. The fourth-order valence-corrected chi connectivity index (χ4v) is 1.59. The second-order valence-electron chi connectivity index (χ2n) is 3.36. The molecule has 5 heteroatoms. The van der Waals surface area contributed by atoms with Crippen LogP contribution in [0, 0.1) is 11.8 Å². The molecule has 0 aromatic rings. The van der Waals surface area contributed by atoms with Crippen LogP contribution in [0.4, 0.5) is 0 Å². The Morgan fingerprint density at radius 2 is 1.87 bits per heavy atom. The number of hydrogen-bond acceptors (Lipinski definition) is 4. The topological polar surface area (TPSA) is 72.8 Å². The summed E-state index contributed by atoms with van der Waals surface area (Å²) >= 11 is 0. The van der Waals surface area contributed by atoms with E-state index < -0.39 is 29.9 Å². The van der Waals surface area contributed by atoms with Crippen LogP contribution >= 0.6 is 0 Å². The summed E-state index contributed by atoms with van der Waals surface area (Å²) in [7, 11) is 2.68. The molecule has 0 aliphatic heterocycles. The first-order chi connectivity index (χ1) is 6.99. The van der Waals surface area contributed by atoms with Crippen LogP contribution in [0.25, 0.3) is 0 Å². The molecule has 0 spiro atoms. The molecular formula is C10H18O5. The quantitative estimate of drug-likeness (QED) is 0.671. The van der Waals surface area contributed by atoms with Crippen molar-refractivity contribution >= 4 is 11.9 Å². The molecular weight excluding hydrogens is 200 g/mol. The zero-order valence-electron chi connectivity index (χ0n) is 9.52. The number of carbonyl (C=O) groups excluding carboxylic acids is 1. The number of esters is 1. The van der Waals surface area contributed by atoms with E-state index in [0.717, 1.165) is 0 Å². The second-order valence-corrected chi connectivity index (χ2v) is 3.36. The molecule has 15 heavy (non-hydrogen) atoms. The van der Waals surface area contributed by atoms with Gasteiger partial charge in [0.2, 0.25) is 0 Å². The third kappa shape index (κ3) is 3.51. The normalized spacial score (nSPS) is 16.5. The highest BCUT2D eigenvalue weighted by molar-refractivity contribution is 5.81. The average Bonchev–Trinajstić information content (AvgIpc) is 2.22. The van der Waals surface area contributed by atoms with Gasteiger partial charge >= 0.3 is 11.9 Å². The Kier molecular flexibility index (Phi) is 5.93. The summed E-state index contributed by atoms with van der Waals surface area (Å²) in [5.74, 6) is -3.15. The van der Waals surface area contributed by atoms with E-state index in [1.165, 1.54) is 21.1 Å². The van der Waals surface area contributed by atoms with Gasteiger partial charge < -0.3 is 14.6 Å². The van der Waals surface area contributed by atoms with Crippen LogP contribution in [0.1, 0.15) is 20.3 Å². The second kappa shape index (κ2) is 6.40. The molecule has 0 aromatic carbocycles. The summed E-state index contributed by atoms with van der Waals surface area (Å²) in [6, 6.07) is 0. The molecule has 88 valence electrons. The van der Waals surface area contributed by atoms with Crippen LogP contribution in [0.2, 0.25) is 0 Å². The van der Waals surface area contributed by atoms with Crippen LogP contribution in [-0.4, -0.2) is 37.4 Å². The van der Waals surface area contributed by atoms with Gasteiger partial charge in [0.1, 0.15) is 0 Å². The molecule has 0 heterocycles. The van der Waals surface area contributed by atoms with Crippen molar-refractivity contribution in [3.63, 3.8) is 0 Å². The molecule has 0 aliphatic carbocycles. The number of carbonyl (C=O) groups is 2. The monoisotopic (exact) mass is 218 g/mol. The third-order valence-corrected chi connectivity index (χ3v) is 2.50. The van der Waals surface area contributed by atoms with Crippen molar-refractivity contribution in [2.45, 2.75) is 26.4 Å². The van der Waals surface area contributed by atoms with Gasteiger partial charge in [-0.05, 0) is 6.42 Å². The van der Waals surface area contributed by atoms with Gasteiger partial charge in [-0.3, -0.25) is 9.59 Å². The molecule has 3 unspecified atom stereocenters. The molecule has 0 bridgehead atoms. The maximum atomic E-state index is 11.3. The van der Waals surface area contributed by atoms with Gasteiger partial charge in [0.15, 0.2) is 0 Å². The molecule has 0 aromatic heterocycles. The first kappa shape index (κ1) is 13.9. The Bertz CT molecular complexity index is 222. The number of methoxy groups -OCH3 is 2. The van der Waals surface area contributed by atoms with Crippen LogP contribution in [0.3, 0.4) is 0 Å². The van der Waals surface area contributed by atoms with Crippen molar-refractivity contribution in [2.75, 3.05) is 14.2 Å². The molecule has 0 fully saturated rings. The van der Waals surface area contributed by atoms with Crippen molar-refractivity contribution in [3.8, 4) is 0 Å². The number of hydrogen-bond donors (Lipinski definition) is 1. The average molecular weight is 218 g/mol. The first-order valence-corrected chi connectivity index (χ1v) is 4.82. The minimum absolute atomic E-state index is 0.475. The molecule has 3 atom stereocenters. The molecule has 0 aliphatic rings. The van der Waals surface area contributed by atoms with Crippen molar-refractivity contribution in [2.24, 2.45) is 11.8 Å². The minimum atomic E-state index is -1.04. The van der Waals surface area contributed by atoms with Crippen LogP contribution in [-0.2, 0) is 19.1 Å². The highest BCUT2D eigenvalue weighted by Crippen LogP contribution is 2.22. The summed E-state index contributed by atoms with van der Waals surface area (Å²) in [5, 5.41) is 9.03. The van der Waals surface area contributed by atoms with E-state index in [9.17, 15) is 9.59 Å². The SMILES string of the molecule is CCC(OC)C(C(=O)O)C(C)C(=O)OC. The summed E-state index contributed by atoms with van der Waals surface area (Å²) in [5.41, 5.74) is 0. The largest absolute Gasteiger partial charge is 0.481 e. The fourth-order valence-electron chi connectivity index (χ4n) is 1.59. The molecule has 0 radical (unpaired) electrons. The van der Waals surface area contributed by atoms with E-state index in [2.05, 4.69) is 4.74 Å². The lowest BCUT2D eigenvalue weighted by Gasteiger charge is -2.25. The van der Waals surface area contributed by atoms with Crippen molar-refractivity contribution in [1.82, 2.24) is 0 Å². The number of rotatable bonds is 6. The molecule has 1 N–H and O–H groups in total. The van der Waals surface area contributed by atoms with Crippen molar-refractivity contribution in [3.05, 3.63) is 0 Å². The smallest absolute Gasteiger partial charge is 0.310 e. The van der Waals surface area contributed by atoms with Gasteiger partial charge in [0.25, 0.3) is 0 Å². The molecule has 0 rings (SSSR count). The van der Waals surface area contributed by atoms with Gasteiger partial charge in [0.05, 0.1) is 25.0 Å². The van der Waals surface area contributed by atoms with Gasteiger partial charge in [-0.25, -0.2) is 0 Å². The van der Waals surface area contributed by atoms with Gasteiger partial charge in [-0.2, -0.15) is 0 Å². The van der Waals surface area contributed by atoms with Crippen LogP contribution < -0.4 is 0 Å². The number of carboxylic acid groups (broad SMARTS) is 1. The lowest BCUT2D eigenvalue weighted by Crippen LogP contribution is -2.38. The van der Waals surface area contributed by atoms with Gasteiger partial charge in [-0.15, -0.1) is 0 Å². The van der Waals surface area contributed by atoms with E-state index >= 15 is 0 Å². The predicted molar refractivity (Wildman–Crippen MR) is 53.4 cm³/mol. The fraction of sp³-hybridized carbons (Fsp3) is 0.800. The number of aliphatic carboxylic acids is 1. The molecule has 0 saturated heterocycles. The third-order valence-electron chi connectivity index (χ3n) is 2.50. The maximum Gasteiger partial charge on any atom is 0.310 e. The van der Waals surface area contributed by atoms with E-state index in [1.54, 1.807) is 0 Å². The zero-order valence-corrected chi connectivity index (χ0v) is 9.52. The Morgan fingerprint density at radius 3 is 2.13 bits per heavy atom. The van der Waals surface area contributed by atoms with Crippen LogP contribution in [0.15, 0.2) is 0 Å². The Balaban J connectivity index is 4.79. The molecule has 5 nitrogen and oxygen atoms in total. The summed E-state index contributed by atoms with van der Waals surface area (Å²) < 4.78 is 9.57. The summed E-state index contributed by atoms with van der Waals surface area (Å²) in [6.45, 7) is 3.35. The van der Waals surface area contributed by atoms with Gasteiger partial charge in [0, 0.05) is 7.11 Å². The predicted octanol–water partition coefficient (Wildman–Crippen LogP) is 0.921. The lowest BCUT2D eigenvalue weighted by molar-refractivity contribution is -0.160. The maximum absolute atomic E-state index is 11.3. The lowest BCUT2D eigenvalue weighted by atomic mass is 9.87. The van der Waals surface area contributed by atoms with Gasteiger partial charge in [-0.1, -0.05) is 13.8 Å². The van der Waals surface area contributed by atoms with Crippen molar-refractivity contribution < 1.29 is 24.2 Å². The van der Waals surface area contributed by atoms with Crippen LogP contribution in [0.5, 0.6) is 0 Å². The summed E-state index contributed by atoms with van der Waals surface area (Å²) in [4.78, 5) is 22.3. The highest BCUT2D eigenvalue weighted by atomic mass is 16.5.